The minimum absolute atomic E-state index is 0.259. The first kappa shape index (κ1) is 19.3. The Morgan fingerprint density at radius 2 is 2.04 bits per heavy atom. The predicted octanol–water partition coefficient (Wildman–Crippen LogP) is 3.28. The number of benzene rings is 1. The fourth-order valence-corrected chi connectivity index (χ4v) is 2.93. The van der Waals surface area contributed by atoms with E-state index in [0.29, 0.717) is 12.4 Å². The van der Waals surface area contributed by atoms with E-state index < -0.39 is 0 Å². The number of urea groups is 1. The lowest BCUT2D eigenvalue weighted by Gasteiger charge is -2.15. The molecule has 2 aromatic heterocycles. The summed E-state index contributed by atoms with van der Waals surface area (Å²) in [5.74, 6) is 0.179. The molecule has 0 bridgehead atoms. The number of pyridine rings is 1. The minimum atomic E-state index is -0.313. The van der Waals surface area contributed by atoms with Gasteiger partial charge in [-0.1, -0.05) is 6.07 Å². The number of hydrogen-bond donors (Lipinski definition) is 2. The minimum Gasteiger partial charge on any atom is -0.481 e. The number of hydrogen-bond acceptors (Lipinski definition) is 4. The van der Waals surface area contributed by atoms with E-state index in [4.69, 9.17) is 4.74 Å². The van der Waals surface area contributed by atoms with Crippen molar-refractivity contribution in [3.8, 4) is 11.6 Å². The van der Waals surface area contributed by atoms with Gasteiger partial charge in [-0.2, -0.15) is 5.10 Å². The Morgan fingerprint density at radius 3 is 2.75 bits per heavy atom. The largest absolute Gasteiger partial charge is 0.481 e. The highest BCUT2D eigenvalue weighted by atomic mass is 19.1. The summed E-state index contributed by atoms with van der Waals surface area (Å²) in [7, 11) is 1.54. The molecule has 8 heteroatoms. The van der Waals surface area contributed by atoms with Gasteiger partial charge in [0.1, 0.15) is 5.82 Å². The van der Waals surface area contributed by atoms with Gasteiger partial charge in [0.05, 0.1) is 25.0 Å². The van der Waals surface area contributed by atoms with Crippen LogP contribution in [0, 0.1) is 12.7 Å². The number of carbonyl (C=O) groups is 1. The van der Waals surface area contributed by atoms with Gasteiger partial charge in [-0.25, -0.2) is 18.9 Å². The third kappa shape index (κ3) is 4.28. The van der Waals surface area contributed by atoms with Gasteiger partial charge in [0.15, 0.2) is 0 Å². The average Bonchev–Trinajstić information content (AvgIpc) is 3.08. The number of methoxy groups -OCH3 is 1. The monoisotopic (exact) mass is 383 g/mol. The average molecular weight is 383 g/mol. The summed E-state index contributed by atoms with van der Waals surface area (Å²) in [6.07, 6.45) is 3.33. The SMILES string of the molecule is COc1ncccc1CNC(=O)N[C@@H](C)c1cnn(-c2ccc(F)cc2)c1C. The van der Waals surface area contributed by atoms with Crippen LogP contribution in [0.5, 0.6) is 5.88 Å². The number of aromatic nitrogens is 3. The number of carbonyl (C=O) groups excluding carboxylic acids is 1. The summed E-state index contributed by atoms with van der Waals surface area (Å²) in [6.45, 7) is 4.08. The summed E-state index contributed by atoms with van der Waals surface area (Å²) in [4.78, 5) is 16.4. The second kappa shape index (κ2) is 8.51. The zero-order chi connectivity index (χ0) is 20.1. The van der Waals surface area contributed by atoms with Crippen molar-refractivity contribution in [1.29, 1.82) is 0 Å². The molecule has 2 amide bonds. The molecule has 3 aromatic rings. The Labute approximate surface area is 162 Å². The lowest BCUT2D eigenvalue weighted by atomic mass is 10.1. The van der Waals surface area contributed by atoms with Crippen LogP contribution >= 0.6 is 0 Å². The first-order valence-electron chi connectivity index (χ1n) is 8.82. The zero-order valence-corrected chi connectivity index (χ0v) is 15.9. The maximum atomic E-state index is 13.1. The number of halogens is 1. The van der Waals surface area contributed by atoms with Crippen molar-refractivity contribution in [2.24, 2.45) is 0 Å². The van der Waals surface area contributed by atoms with E-state index in [0.717, 1.165) is 22.5 Å². The second-order valence-electron chi connectivity index (χ2n) is 6.29. The van der Waals surface area contributed by atoms with E-state index in [1.807, 2.05) is 19.9 Å². The van der Waals surface area contributed by atoms with Crippen LogP contribution in [0.25, 0.3) is 5.69 Å². The molecule has 7 nitrogen and oxygen atoms in total. The van der Waals surface area contributed by atoms with Crippen LogP contribution < -0.4 is 15.4 Å². The molecule has 0 radical (unpaired) electrons. The van der Waals surface area contributed by atoms with Gasteiger partial charge in [-0.05, 0) is 44.2 Å². The molecule has 0 aliphatic rings. The Morgan fingerprint density at radius 1 is 1.29 bits per heavy atom. The van der Waals surface area contributed by atoms with Crippen LogP contribution in [0.4, 0.5) is 9.18 Å². The number of rotatable bonds is 6. The van der Waals surface area contributed by atoms with E-state index in [2.05, 4.69) is 20.7 Å². The Balaban J connectivity index is 1.63. The lowest BCUT2D eigenvalue weighted by Crippen LogP contribution is -2.36. The van der Waals surface area contributed by atoms with Crippen LogP contribution in [0.2, 0.25) is 0 Å². The van der Waals surface area contributed by atoms with Crippen molar-refractivity contribution in [3.05, 3.63) is 71.4 Å². The zero-order valence-electron chi connectivity index (χ0n) is 15.9. The van der Waals surface area contributed by atoms with Crippen molar-refractivity contribution in [1.82, 2.24) is 25.4 Å². The highest BCUT2D eigenvalue weighted by Gasteiger charge is 2.16. The molecule has 2 N–H and O–H groups in total. The van der Waals surface area contributed by atoms with Gasteiger partial charge in [-0.15, -0.1) is 0 Å². The maximum absolute atomic E-state index is 13.1. The predicted molar refractivity (Wildman–Crippen MR) is 103 cm³/mol. The summed E-state index contributed by atoms with van der Waals surface area (Å²) >= 11 is 0. The Kier molecular flexibility index (Phi) is 5.88. The first-order valence-corrected chi connectivity index (χ1v) is 8.82. The Hall–Kier alpha value is -3.42. The van der Waals surface area contributed by atoms with Crippen LogP contribution in [0.1, 0.15) is 29.8 Å². The number of nitrogens with zero attached hydrogens (tertiary/aromatic N) is 3. The summed E-state index contributed by atoms with van der Waals surface area (Å²) in [5, 5.41) is 10.1. The molecule has 0 saturated heterocycles. The van der Waals surface area contributed by atoms with Crippen LogP contribution in [-0.4, -0.2) is 27.9 Å². The highest BCUT2D eigenvalue weighted by Crippen LogP contribution is 2.20. The van der Waals surface area contributed by atoms with E-state index in [1.54, 1.807) is 35.3 Å². The van der Waals surface area contributed by atoms with Crippen molar-refractivity contribution < 1.29 is 13.9 Å². The van der Waals surface area contributed by atoms with Crippen molar-refractivity contribution >= 4 is 6.03 Å². The van der Waals surface area contributed by atoms with E-state index in [9.17, 15) is 9.18 Å². The summed E-state index contributed by atoms with van der Waals surface area (Å²) in [6, 6.07) is 9.14. The molecular weight excluding hydrogens is 361 g/mol. The molecule has 0 saturated carbocycles. The van der Waals surface area contributed by atoms with Gasteiger partial charge >= 0.3 is 6.03 Å². The molecule has 1 aromatic carbocycles. The molecular formula is C20H22FN5O2. The normalized spacial score (nSPS) is 11.7. The van der Waals surface area contributed by atoms with Crippen LogP contribution in [-0.2, 0) is 6.54 Å². The van der Waals surface area contributed by atoms with Gasteiger partial charge in [0, 0.05) is 29.6 Å². The number of ether oxygens (including phenoxy) is 1. The molecule has 0 aliphatic carbocycles. The molecule has 1 atom stereocenters. The van der Waals surface area contributed by atoms with Gasteiger partial charge in [-0.3, -0.25) is 0 Å². The third-order valence-electron chi connectivity index (χ3n) is 4.42. The number of nitrogens with one attached hydrogen (secondary N) is 2. The second-order valence-corrected chi connectivity index (χ2v) is 6.29. The van der Waals surface area contributed by atoms with Crippen molar-refractivity contribution in [2.45, 2.75) is 26.4 Å². The standard InChI is InChI=1S/C20H22FN5O2/c1-13(25-20(27)23-11-15-5-4-10-22-19(15)28-3)18-12-24-26(14(18)2)17-8-6-16(21)7-9-17/h4-10,12-13H,11H2,1-3H3,(H2,23,25,27)/t13-/m0/s1. The Bertz CT molecular complexity index is 955. The molecule has 2 heterocycles. The summed E-state index contributed by atoms with van der Waals surface area (Å²) in [5.41, 5.74) is 3.28. The van der Waals surface area contributed by atoms with Crippen molar-refractivity contribution in [3.63, 3.8) is 0 Å². The van der Waals surface area contributed by atoms with Crippen molar-refractivity contribution in [2.75, 3.05) is 7.11 Å². The van der Waals surface area contributed by atoms with E-state index in [1.165, 1.54) is 19.2 Å². The fraction of sp³-hybridized carbons (Fsp3) is 0.250. The molecule has 3 rings (SSSR count). The van der Waals surface area contributed by atoms with Crippen LogP contribution in [0.15, 0.2) is 48.8 Å². The van der Waals surface area contributed by atoms with Gasteiger partial charge < -0.3 is 15.4 Å². The van der Waals surface area contributed by atoms with Gasteiger partial charge in [0.2, 0.25) is 5.88 Å². The molecule has 0 aliphatic heterocycles. The highest BCUT2D eigenvalue weighted by molar-refractivity contribution is 5.74. The fourth-order valence-electron chi connectivity index (χ4n) is 2.93. The van der Waals surface area contributed by atoms with E-state index >= 15 is 0 Å². The maximum Gasteiger partial charge on any atom is 0.315 e. The summed E-state index contributed by atoms with van der Waals surface area (Å²) < 4.78 is 20.0. The molecule has 0 fully saturated rings. The molecule has 0 spiro atoms. The smallest absolute Gasteiger partial charge is 0.315 e. The third-order valence-corrected chi connectivity index (χ3v) is 4.42. The van der Waals surface area contributed by atoms with Gasteiger partial charge in [0.25, 0.3) is 0 Å². The molecule has 146 valence electrons. The lowest BCUT2D eigenvalue weighted by molar-refractivity contribution is 0.237. The molecule has 28 heavy (non-hydrogen) atoms. The topological polar surface area (TPSA) is 81.1 Å². The van der Waals surface area contributed by atoms with Crippen LogP contribution in [0.3, 0.4) is 0 Å². The quantitative estimate of drug-likeness (QED) is 0.684. The number of amides is 2. The first-order chi connectivity index (χ1) is 13.5. The molecule has 0 unspecified atom stereocenters. The van der Waals surface area contributed by atoms with E-state index in [-0.39, 0.29) is 17.9 Å².